The minimum absolute atomic E-state index is 0.0367. The highest BCUT2D eigenvalue weighted by Crippen LogP contribution is 2.44. The number of fused-ring (bicyclic) bond motifs is 1. The summed E-state index contributed by atoms with van der Waals surface area (Å²) in [5.41, 5.74) is 5.83. The Labute approximate surface area is 181 Å². The Balaban J connectivity index is 1.46. The Hall–Kier alpha value is -2.68. The third-order valence-electron chi connectivity index (χ3n) is 6.05. The summed E-state index contributed by atoms with van der Waals surface area (Å²) in [6.45, 7) is 6.40. The molecule has 1 atom stereocenters. The fourth-order valence-corrected chi connectivity index (χ4v) is 5.50. The Morgan fingerprint density at radius 3 is 2.83 bits per heavy atom. The molecule has 0 amide bonds. The van der Waals surface area contributed by atoms with Gasteiger partial charge in [0.05, 0.1) is 16.5 Å². The maximum Gasteiger partial charge on any atom is 0.137 e. The molecule has 152 valence electrons. The summed E-state index contributed by atoms with van der Waals surface area (Å²) in [6.07, 6.45) is 5.71. The van der Waals surface area contributed by atoms with Gasteiger partial charge < -0.3 is 4.74 Å². The van der Waals surface area contributed by atoms with Crippen LogP contribution in [0.1, 0.15) is 49.4 Å². The third-order valence-corrected chi connectivity index (χ3v) is 7.13. The summed E-state index contributed by atoms with van der Waals surface area (Å²) in [7, 11) is 0. The molecule has 4 nitrogen and oxygen atoms in total. The number of likely N-dealkylation sites (tertiary alicyclic amines) is 1. The highest BCUT2D eigenvalue weighted by Gasteiger charge is 2.32. The number of aromatic nitrogens is 1. The lowest BCUT2D eigenvalue weighted by Crippen LogP contribution is -2.39. The lowest BCUT2D eigenvalue weighted by molar-refractivity contribution is 0.118. The number of benzene rings is 2. The van der Waals surface area contributed by atoms with E-state index in [0.29, 0.717) is 17.4 Å². The molecule has 1 aromatic heterocycles. The first-order valence-electron chi connectivity index (χ1n) is 10.7. The van der Waals surface area contributed by atoms with E-state index < -0.39 is 0 Å². The fraction of sp³-hybridized carbons (Fsp3) is 0.360. The minimum atomic E-state index is 0.0367. The summed E-state index contributed by atoms with van der Waals surface area (Å²) in [5, 5.41) is 10.5. The van der Waals surface area contributed by atoms with E-state index >= 15 is 0 Å². The first kappa shape index (κ1) is 19.3. The molecular formula is C25H25N3OS. The van der Waals surface area contributed by atoms with Gasteiger partial charge in [-0.1, -0.05) is 18.2 Å². The lowest BCUT2D eigenvalue weighted by Gasteiger charge is -2.37. The molecule has 1 unspecified atom stereocenters. The Kier molecular flexibility index (Phi) is 5.06. The molecule has 5 rings (SSSR count). The zero-order chi connectivity index (χ0) is 20.7. The molecule has 0 bridgehead atoms. The van der Waals surface area contributed by atoms with Crippen LogP contribution in [-0.2, 0) is 6.42 Å². The fourth-order valence-electron chi connectivity index (χ4n) is 4.53. The number of nitriles is 1. The van der Waals surface area contributed by atoms with Gasteiger partial charge in [0.2, 0.25) is 0 Å². The van der Waals surface area contributed by atoms with Gasteiger partial charge in [-0.05, 0) is 81.1 Å². The molecule has 0 saturated carbocycles. The van der Waals surface area contributed by atoms with Crippen molar-refractivity contribution in [2.75, 3.05) is 13.1 Å². The number of thiazole rings is 1. The predicted molar refractivity (Wildman–Crippen MR) is 121 cm³/mol. The van der Waals surface area contributed by atoms with Crippen molar-refractivity contribution in [1.29, 1.82) is 5.26 Å². The molecule has 1 aliphatic heterocycles. The van der Waals surface area contributed by atoms with Crippen LogP contribution in [0.4, 0.5) is 0 Å². The largest absolute Gasteiger partial charge is 0.490 e. The van der Waals surface area contributed by atoms with E-state index in [2.05, 4.69) is 29.2 Å². The second kappa shape index (κ2) is 7.86. The van der Waals surface area contributed by atoms with Crippen molar-refractivity contribution in [3.63, 3.8) is 0 Å². The van der Waals surface area contributed by atoms with Crippen molar-refractivity contribution in [3.8, 4) is 32.8 Å². The van der Waals surface area contributed by atoms with E-state index in [1.54, 1.807) is 11.3 Å². The minimum Gasteiger partial charge on any atom is -0.490 e. The van der Waals surface area contributed by atoms with Gasteiger partial charge in [-0.2, -0.15) is 5.26 Å². The van der Waals surface area contributed by atoms with Gasteiger partial charge in [0.1, 0.15) is 16.8 Å². The second-order valence-corrected chi connectivity index (χ2v) is 9.37. The Morgan fingerprint density at radius 1 is 1.23 bits per heavy atom. The summed E-state index contributed by atoms with van der Waals surface area (Å²) >= 11 is 1.70. The molecule has 1 fully saturated rings. The number of nitrogens with zero attached hydrogens (tertiary/aromatic N) is 3. The van der Waals surface area contributed by atoms with E-state index in [1.165, 1.54) is 47.5 Å². The number of hydrogen-bond donors (Lipinski definition) is 0. The Morgan fingerprint density at radius 2 is 2.10 bits per heavy atom. The highest BCUT2D eigenvalue weighted by atomic mass is 32.1. The van der Waals surface area contributed by atoms with E-state index in [1.807, 2.05) is 38.2 Å². The van der Waals surface area contributed by atoms with Crippen molar-refractivity contribution in [2.24, 2.45) is 0 Å². The van der Waals surface area contributed by atoms with Crippen molar-refractivity contribution in [2.45, 2.75) is 45.3 Å². The number of hydrogen-bond acceptors (Lipinski definition) is 5. The maximum atomic E-state index is 9.54. The molecular weight excluding hydrogens is 390 g/mol. The first-order valence-corrected chi connectivity index (χ1v) is 11.5. The molecule has 0 spiro atoms. The van der Waals surface area contributed by atoms with E-state index in [-0.39, 0.29) is 6.10 Å². The molecule has 1 saturated heterocycles. The van der Waals surface area contributed by atoms with Crippen LogP contribution in [0.5, 0.6) is 5.75 Å². The third kappa shape index (κ3) is 3.40. The van der Waals surface area contributed by atoms with Crippen molar-refractivity contribution in [3.05, 3.63) is 59.3 Å². The highest BCUT2D eigenvalue weighted by molar-refractivity contribution is 7.18. The van der Waals surface area contributed by atoms with Crippen LogP contribution in [0.25, 0.3) is 21.0 Å². The van der Waals surface area contributed by atoms with E-state index in [4.69, 9.17) is 9.72 Å². The SMILES string of the molecule is CC(C)Oc1ccc(-c2ncc(-c3cccc4c3CCC4N3CCC3)s2)cc1C#N. The number of ether oxygens (including phenoxy) is 1. The molecule has 5 heteroatoms. The molecule has 30 heavy (non-hydrogen) atoms. The van der Waals surface area contributed by atoms with Gasteiger partial charge in [0, 0.05) is 17.8 Å². The maximum absolute atomic E-state index is 9.54. The summed E-state index contributed by atoms with van der Waals surface area (Å²) in [6, 6.07) is 15.3. The van der Waals surface area contributed by atoms with Gasteiger partial charge in [0.15, 0.2) is 0 Å². The molecule has 0 N–H and O–H groups in total. The van der Waals surface area contributed by atoms with Gasteiger partial charge in [0.25, 0.3) is 0 Å². The smallest absolute Gasteiger partial charge is 0.137 e. The van der Waals surface area contributed by atoms with Crippen LogP contribution in [0.2, 0.25) is 0 Å². The Bertz CT molecular complexity index is 1120. The molecule has 2 aliphatic rings. The van der Waals surface area contributed by atoms with Crippen LogP contribution in [-0.4, -0.2) is 29.1 Å². The average Bonchev–Trinajstić information content (AvgIpc) is 3.34. The first-order chi connectivity index (χ1) is 14.6. The topological polar surface area (TPSA) is 49.1 Å². The van der Waals surface area contributed by atoms with Gasteiger partial charge in [-0.3, -0.25) is 4.90 Å². The zero-order valence-electron chi connectivity index (χ0n) is 17.4. The summed E-state index contributed by atoms with van der Waals surface area (Å²) < 4.78 is 5.75. The van der Waals surface area contributed by atoms with Crippen molar-refractivity contribution < 1.29 is 4.74 Å². The van der Waals surface area contributed by atoms with Crippen LogP contribution in [0.15, 0.2) is 42.6 Å². The van der Waals surface area contributed by atoms with Crippen molar-refractivity contribution >= 4 is 11.3 Å². The van der Waals surface area contributed by atoms with Crippen LogP contribution < -0.4 is 4.74 Å². The molecule has 2 aromatic carbocycles. The zero-order valence-corrected chi connectivity index (χ0v) is 18.2. The van der Waals surface area contributed by atoms with E-state index in [0.717, 1.165) is 17.0 Å². The van der Waals surface area contributed by atoms with E-state index in [9.17, 15) is 5.26 Å². The standard InChI is InChI=1S/C25H25N3OS/c1-16(2)29-23-10-7-17(13-18(23)14-26)25-27-15-24(30-25)21-6-3-5-20-19(21)8-9-22(20)28-11-4-12-28/h3,5-7,10,13,15-16,22H,4,8-9,11-12H2,1-2H3. The number of rotatable bonds is 5. The van der Waals surface area contributed by atoms with Crippen LogP contribution in [0, 0.1) is 11.3 Å². The summed E-state index contributed by atoms with van der Waals surface area (Å²) in [4.78, 5) is 8.50. The van der Waals surface area contributed by atoms with Gasteiger partial charge in [-0.15, -0.1) is 11.3 Å². The van der Waals surface area contributed by atoms with Crippen molar-refractivity contribution in [1.82, 2.24) is 9.88 Å². The monoisotopic (exact) mass is 415 g/mol. The molecule has 0 radical (unpaired) electrons. The molecule has 3 aromatic rings. The second-order valence-electron chi connectivity index (χ2n) is 8.34. The van der Waals surface area contributed by atoms with Gasteiger partial charge >= 0.3 is 0 Å². The van der Waals surface area contributed by atoms with Crippen LogP contribution >= 0.6 is 11.3 Å². The summed E-state index contributed by atoms with van der Waals surface area (Å²) in [5.74, 6) is 0.631. The lowest BCUT2D eigenvalue weighted by atomic mass is 9.99. The quantitative estimate of drug-likeness (QED) is 0.526. The predicted octanol–water partition coefficient (Wildman–Crippen LogP) is 5.83. The average molecular weight is 416 g/mol. The molecule has 2 heterocycles. The normalized spacial score (nSPS) is 18.1. The van der Waals surface area contributed by atoms with Crippen LogP contribution in [0.3, 0.4) is 0 Å². The van der Waals surface area contributed by atoms with Gasteiger partial charge in [-0.25, -0.2) is 4.98 Å². The molecule has 1 aliphatic carbocycles.